The van der Waals surface area contributed by atoms with Crippen molar-refractivity contribution in [1.29, 1.82) is 0 Å². The van der Waals surface area contributed by atoms with Crippen molar-refractivity contribution >= 4 is 63.0 Å². The van der Waals surface area contributed by atoms with E-state index in [-0.39, 0.29) is 6.61 Å². The predicted molar refractivity (Wildman–Crippen MR) is 90.4 cm³/mol. The molecule has 0 spiro atoms. The Bertz CT molecular complexity index is 595. The fraction of sp³-hybridized carbons (Fsp3) is 0.571. The summed E-state index contributed by atoms with van der Waals surface area (Å²) >= 11 is 18.1. The standard InChI is InChI=1S/C14H16Cl3NO3S/c1-3-21-12(19)10-8-5-4-7(2)6-9(8)22-11(10)18-13(20)14(15,16)17/h7H,3-6H2,1-2H3,(H,18,20)/t7-/m0/s1. The Morgan fingerprint density at radius 3 is 2.68 bits per heavy atom. The summed E-state index contributed by atoms with van der Waals surface area (Å²) in [6, 6.07) is 0. The van der Waals surface area contributed by atoms with Gasteiger partial charge in [0.2, 0.25) is 0 Å². The first-order chi connectivity index (χ1) is 10.2. The number of anilines is 1. The van der Waals surface area contributed by atoms with Gasteiger partial charge in [0.05, 0.1) is 12.2 Å². The summed E-state index contributed by atoms with van der Waals surface area (Å²) in [4.78, 5) is 25.2. The van der Waals surface area contributed by atoms with Crippen molar-refractivity contribution < 1.29 is 14.3 Å². The Morgan fingerprint density at radius 1 is 1.41 bits per heavy atom. The van der Waals surface area contributed by atoms with E-state index in [1.54, 1.807) is 6.92 Å². The molecule has 1 N–H and O–H groups in total. The van der Waals surface area contributed by atoms with Gasteiger partial charge in [-0.1, -0.05) is 41.7 Å². The number of ether oxygens (including phenoxy) is 1. The zero-order chi connectivity index (χ0) is 16.5. The van der Waals surface area contributed by atoms with Crippen LogP contribution in [0.5, 0.6) is 0 Å². The highest BCUT2D eigenvalue weighted by Crippen LogP contribution is 2.41. The number of hydrogen-bond donors (Lipinski definition) is 1. The van der Waals surface area contributed by atoms with Gasteiger partial charge in [0.1, 0.15) is 5.00 Å². The van der Waals surface area contributed by atoms with Gasteiger partial charge >= 0.3 is 5.97 Å². The van der Waals surface area contributed by atoms with E-state index in [9.17, 15) is 9.59 Å². The van der Waals surface area contributed by atoms with Crippen LogP contribution in [0.1, 0.15) is 41.1 Å². The molecule has 0 bridgehead atoms. The molecule has 1 aliphatic carbocycles. The van der Waals surface area contributed by atoms with Gasteiger partial charge in [-0.25, -0.2) is 4.79 Å². The molecule has 2 rings (SSSR count). The largest absolute Gasteiger partial charge is 0.462 e. The minimum absolute atomic E-state index is 0.262. The van der Waals surface area contributed by atoms with Crippen LogP contribution in [0, 0.1) is 5.92 Å². The van der Waals surface area contributed by atoms with E-state index in [2.05, 4.69) is 12.2 Å². The number of nitrogens with one attached hydrogen (secondary N) is 1. The molecule has 1 amide bonds. The van der Waals surface area contributed by atoms with Gasteiger partial charge in [0.15, 0.2) is 0 Å². The van der Waals surface area contributed by atoms with Crippen LogP contribution in [0.2, 0.25) is 0 Å². The normalized spacial score (nSPS) is 17.8. The average Bonchev–Trinajstić information content (AvgIpc) is 2.74. The lowest BCUT2D eigenvalue weighted by Gasteiger charge is -2.18. The van der Waals surface area contributed by atoms with Crippen LogP contribution >= 0.6 is 46.1 Å². The third-order valence-corrected chi connectivity index (χ3v) is 5.16. The van der Waals surface area contributed by atoms with Crippen LogP contribution in [0.25, 0.3) is 0 Å². The number of thiophene rings is 1. The first kappa shape index (κ1) is 17.9. The second-order valence-electron chi connectivity index (χ2n) is 5.23. The molecule has 1 aromatic heterocycles. The highest BCUT2D eigenvalue weighted by Gasteiger charge is 2.34. The molecule has 22 heavy (non-hydrogen) atoms. The van der Waals surface area contributed by atoms with E-state index < -0.39 is 15.7 Å². The molecule has 0 aromatic carbocycles. The summed E-state index contributed by atoms with van der Waals surface area (Å²) in [7, 11) is 0. The number of halogens is 3. The minimum atomic E-state index is -2.08. The molecule has 1 aliphatic rings. The summed E-state index contributed by atoms with van der Waals surface area (Å²) < 4.78 is 3.02. The lowest BCUT2D eigenvalue weighted by molar-refractivity contribution is -0.115. The van der Waals surface area contributed by atoms with E-state index >= 15 is 0 Å². The Hall–Kier alpha value is -0.490. The zero-order valence-corrected chi connectivity index (χ0v) is 15.3. The number of fused-ring (bicyclic) bond motifs is 1. The molecule has 8 heteroatoms. The second kappa shape index (κ2) is 6.95. The smallest absolute Gasteiger partial charge is 0.341 e. The van der Waals surface area contributed by atoms with Gasteiger partial charge in [0, 0.05) is 4.88 Å². The fourth-order valence-corrected chi connectivity index (χ4v) is 3.97. The van der Waals surface area contributed by atoms with Crippen molar-refractivity contribution in [2.75, 3.05) is 11.9 Å². The number of hydrogen-bond acceptors (Lipinski definition) is 4. The van der Waals surface area contributed by atoms with Gasteiger partial charge in [0.25, 0.3) is 9.70 Å². The van der Waals surface area contributed by atoms with Crippen LogP contribution < -0.4 is 5.32 Å². The highest BCUT2D eigenvalue weighted by molar-refractivity contribution is 7.17. The Balaban J connectivity index is 2.39. The molecule has 0 fully saturated rings. The average molecular weight is 385 g/mol. The number of esters is 1. The Labute approximate surface area is 148 Å². The minimum Gasteiger partial charge on any atom is -0.462 e. The molecule has 1 heterocycles. The number of carbonyl (C=O) groups is 2. The maximum absolute atomic E-state index is 12.2. The number of carbonyl (C=O) groups excluding carboxylic acids is 2. The molecular formula is C14H16Cl3NO3S. The first-order valence-electron chi connectivity index (χ1n) is 6.93. The van der Waals surface area contributed by atoms with Crippen molar-refractivity contribution in [1.82, 2.24) is 0 Å². The molecule has 0 saturated heterocycles. The van der Waals surface area contributed by atoms with E-state index in [4.69, 9.17) is 39.5 Å². The number of rotatable bonds is 3. The van der Waals surface area contributed by atoms with E-state index in [0.29, 0.717) is 16.5 Å². The van der Waals surface area contributed by atoms with Crippen LogP contribution in [0.15, 0.2) is 0 Å². The molecule has 1 aromatic rings. The quantitative estimate of drug-likeness (QED) is 0.622. The molecule has 0 unspecified atom stereocenters. The van der Waals surface area contributed by atoms with Gasteiger partial charge in [-0.15, -0.1) is 11.3 Å². The fourth-order valence-electron chi connectivity index (χ4n) is 2.43. The molecule has 122 valence electrons. The first-order valence-corrected chi connectivity index (χ1v) is 8.88. The van der Waals surface area contributed by atoms with E-state index in [1.807, 2.05) is 0 Å². The van der Waals surface area contributed by atoms with Crippen LogP contribution in [-0.2, 0) is 22.4 Å². The van der Waals surface area contributed by atoms with Gasteiger partial charge in [-0.05, 0) is 37.7 Å². The van der Waals surface area contributed by atoms with E-state index in [0.717, 1.165) is 29.7 Å². The number of alkyl halides is 3. The molecular weight excluding hydrogens is 369 g/mol. The molecule has 1 atom stereocenters. The maximum Gasteiger partial charge on any atom is 0.341 e. The van der Waals surface area contributed by atoms with Gasteiger partial charge in [-0.2, -0.15) is 0 Å². The summed E-state index contributed by atoms with van der Waals surface area (Å²) in [5, 5.41) is 2.94. The van der Waals surface area contributed by atoms with Crippen molar-refractivity contribution in [3.63, 3.8) is 0 Å². The molecule has 0 saturated carbocycles. The SMILES string of the molecule is CCOC(=O)c1c(NC(=O)C(Cl)(Cl)Cl)sc2c1CC[C@H](C)C2. The van der Waals surface area contributed by atoms with Crippen LogP contribution in [0.4, 0.5) is 5.00 Å². The van der Waals surface area contributed by atoms with Crippen LogP contribution in [0.3, 0.4) is 0 Å². The van der Waals surface area contributed by atoms with Gasteiger partial charge in [-0.3, -0.25) is 4.79 Å². The zero-order valence-electron chi connectivity index (χ0n) is 12.2. The maximum atomic E-state index is 12.2. The van der Waals surface area contributed by atoms with Crippen molar-refractivity contribution in [3.8, 4) is 0 Å². The van der Waals surface area contributed by atoms with Crippen molar-refractivity contribution in [2.45, 2.75) is 36.9 Å². The summed E-state index contributed by atoms with van der Waals surface area (Å²) in [6.45, 7) is 4.16. The molecule has 4 nitrogen and oxygen atoms in total. The lowest BCUT2D eigenvalue weighted by Crippen LogP contribution is -2.27. The van der Waals surface area contributed by atoms with Crippen molar-refractivity contribution in [3.05, 3.63) is 16.0 Å². The molecule has 0 aliphatic heterocycles. The Kier molecular flexibility index (Phi) is 5.64. The topological polar surface area (TPSA) is 55.4 Å². The third-order valence-electron chi connectivity index (χ3n) is 3.48. The third kappa shape index (κ3) is 3.88. The summed E-state index contributed by atoms with van der Waals surface area (Å²) in [5.74, 6) is -0.693. The monoisotopic (exact) mass is 383 g/mol. The summed E-state index contributed by atoms with van der Waals surface area (Å²) in [5.41, 5.74) is 1.34. The van der Waals surface area contributed by atoms with E-state index in [1.165, 1.54) is 11.3 Å². The highest BCUT2D eigenvalue weighted by atomic mass is 35.6. The summed E-state index contributed by atoms with van der Waals surface area (Å²) in [6.07, 6.45) is 2.65. The number of amides is 1. The van der Waals surface area contributed by atoms with Crippen molar-refractivity contribution in [2.24, 2.45) is 5.92 Å². The second-order valence-corrected chi connectivity index (χ2v) is 8.61. The molecule has 0 radical (unpaired) electrons. The lowest BCUT2D eigenvalue weighted by atomic mass is 9.88. The Morgan fingerprint density at radius 2 is 2.09 bits per heavy atom. The predicted octanol–water partition coefficient (Wildman–Crippen LogP) is 4.36. The van der Waals surface area contributed by atoms with Crippen LogP contribution in [-0.4, -0.2) is 22.3 Å². The van der Waals surface area contributed by atoms with Gasteiger partial charge < -0.3 is 10.1 Å².